The van der Waals surface area contributed by atoms with Gasteiger partial charge in [0.2, 0.25) is 5.75 Å². The highest BCUT2D eigenvalue weighted by molar-refractivity contribution is 5.54. The average molecular weight is 359 g/mol. The second kappa shape index (κ2) is 7.55. The molecule has 2 aromatic rings. The van der Waals surface area contributed by atoms with Gasteiger partial charge in [0.25, 0.3) is 0 Å². The van der Waals surface area contributed by atoms with Crippen molar-refractivity contribution in [3.8, 4) is 17.2 Å². The number of benzene rings is 1. The van der Waals surface area contributed by atoms with Gasteiger partial charge in [-0.05, 0) is 30.5 Å². The molecule has 1 aromatic heterocycles. The molecule has 2 atom stereocenters. The summed E-state index contributed by atoms with van der Waals surface area (Å²) < 4.78 is 24.9. The number of nitrogens with one attached hydrogen (secondary N) is 1. The first-order valence-corrected chi connectivity index (χ1v) is 9.05. The maximum absolute atomic E-state index is 6.02. The molecule has 2 aliphatic rings. The predicted molar refractivity (Wildman–Crippen MR) is 95.7 cm³/mol. The van der Waals surface area contributed by atoms with Crippen molar-refractivity contribution in [3.05, 3.63) is 35.9 Å². The first-order valence-electron chi connectivity index (χ1n) is 9.05. The minimum absolute atomic E-state index is 0.0390. The van der Waals surface area contributed by atoms with Crippen molar-refractivity contribution in [1.82, 2.24) is 14.9 Å². The van der Waals surface area contributed by atoms with E-state index in [2.05, 4.69) is 10.3 Å². The Morgan fingerprint density at radius 3 is 2.96 bits per heavy atom. The smallest absolute Gasteiger partial charge is 0.203 e. The van der Waals surface area contributed by atoms with Gasteiger partial charge in [0.05, 0.1) is 7.11 Å². The van der Waals surface area contributed by atoms with Crippen molar-refractivity contribution in [2.75, 3.05) is 26.9 Å². The van der Waals surface area contributed by atoms with Crippen LogP contribution >= 0.6 is 0 Å². The highest BCUT2D eigenvalue weighted by Gasteiger charge is 2.30. The number of hydrogen-bond acceptors (Lipinski definition) is 6. The van der Waals surface area contributed by atoms with Gasteiger partial charge in [-0.2, -0.15) is 0 Å². The largest absolute Gasteiger partial charge is 0.493 e. The lowest BCUT2D eigenvalue weighted by molar-refractivity contribution is -0.0178. The molecule has 1 fully saturated rings. The number of nitrogens with zero attached hydrogens (tertiary/aromatic N) is 2. The molecule has 0 bridgehead atoms. The van der Waals surface area contributed by atoms with Gasteiger partial charge < -0.3 is 28.8 Å². The summed E-state index contributed by atoms with van der Waals surface area (Å²) in [5, 5.41) is 3.63. The third kappa shape index (κ3) is 3.37. The minimum atomic E-state index is -0.0390. The van der Waals surface area contributed by atoms with Crippen LogP contribution in [0.3, 0.4) is 0 Å². The summed E-state index contributed by atoms with van der Waals surface area (Å²) in [5.41, 5.74) is 1.09. The zero-order valence-electron chi connectivity index (χ0n) is 15.2. The molecule has 2 aliphatic heterocycles. The van der Waals surface area contributed by atoms with Gasteiger partial charge >= 0.3 is 0 Å². The third-order valence-corrected chi connectivity index (χ3v) is 4.89. The molecule has 0 aliphatic carbocycles. The Morgan fingerprint density at radius 2 is 2.15 bits per heavy atom. The standard InChI is InChI=1S/C19H25N3O4/c1-22-6-5-20-19(22)17-14(4-3-7-25-17)21-12-13-10-15(23-2)18-16(11-13)24-8-9-26-18/h5-6,10-11,14,17,21H,3-4,7-9,12H2,1-2H3/t14-,17-/m0/s1. The maximum atomic E-state index is 6.02. The van der Waals surface area contributed by atoms with Crippen LogP contribution in [0.15, 0.2) is 24.5 Å². The zero-order chi connectivity index (χ0) is 17.9. The van der Waals surface area contributed by atoms with Crippen LogP contribution < -0.4 is 19.5 Å². The number of rotatable bonds is 5. The van der Waals surface area contributed by atoms with Crippen molar-refractivity contribution >= 4 is 0 Å². The van der Waals surface area contributed by atoms with Crippen LogP contribution in [0.1, 0.15) is 30.3 Å². The first kappa shape index (κ1) is 17.2. The molecule has 0 radical (unpaired) electrons. The van der Waals surface area contributed by atoms with Gasteiger partial charge in [-0.25, -0.2) is 4.98 Å². The number of ether oxygens (including phenoxy) is 4. The molecule has 1 N–H and O–H groups in total. The number of aryl methyl sites for hydroxylation is 1. The molecule has 1 aromatic carbocycles. The fourth-order valence-corrected chi connectivity index (χ4v) is 3.57. The van der Waals surface area contributed by atoms with E-state index in [-0.39, 0.29) is 12.1 Å². The second-order valence-electron chi connectivity index (χ2n) is 6.64. The Kier molecular flexibility index (Phi) is 4.99. The highest BCUT2D eigenvalue weighted by Crippen LogP contribution is 2.40. The normalized spacial score (nSPS) is 22.2. The lowest BCUT2D eigenvalue weighted by Gasteiger charge is -2.32. The van der Waals surface area contributed by atoms with E-state index in [1.165, 1.54) is 0 Å². The Balaban J connectivity index is 1.50. The molecule has 26 heavy (non-hydrogen) atoms. The van der Waals surface area contributed by atoms with E-state index in [1.807, 2.05) is 36.1 Å². The van der Waals surface area contributed by atoms with Crippen LogP contribution in [0, 0.1) is 0 Å². The van der Waals surface area contributed by atoms with E-state index in [0.29, 0.717) is 31.3 Å². The van der Waals surface area contributed by atoms with Crippen LogP contribution in [-0.2, 0) is 18.3 Å². The van der Waals surface area contributed by atoms with Gasteiger partial charge in [-0.15, -0.1) is 0 Å². The Hall–Kier alpha value is -2.25. The number of imidazole rings is 1. The van der Waals surface area contributed by atoms with Gasteiger partial charge in [-0.1, -0.05) is 0 Å². The molecular weight excluding hydrogens is 334 g/mol. The summed E-state index contributed by atoms with van der Waals surface area (Å²) in [6.45, 7) is 2.58. The maximum Gasteiger partial charge on any atom is 0.203 e. The summed E-state index contributed by atoms with van der Waals surface area (Å²) in [6, 6.07) is 4.23. The molecule has 7 heteroatoms. The predicted octanol–water partition coefficient (Wildman–Crippen LogP) is 2.21. The van der Waals surface area contributed by atoms with E-state index >= 15 is 0 Å². The SMILES string of the molecule is COc1cc(CN[C@H]2CCCO[C@@H]2c2nccn2C)cc2c1OCCO2. The van der Waals surface area contributed by atoms with Gasteiger partial charge in [-0.3, -0.25) is 0 Å². The van der Waals surface area contributed by atoms with E-state index in [4.69, 9.17) is 18.9 Å². The van der Waals surface area contributed by atoms with Gasteiger partial charge in [0.15, 0.2) is 11.5 Å². The Bertz CT molecular complexity index is 744. The molecule has 7 nitrogen and oxygen atoms in total. The van der Waals surface area contributed by atoms with E-state index < -0.39 is 0 Å². The molecule has 0 amide bonds. The number of hydrogen-bond donors (Lipinski definition) is 1. The van der Waals surface area contributed by atoms with Crippen molar-refractivity contribution in [2.24, 2.45) is 7.05 Å². The van der Waals surface area contributed by atoms with Crippen LogP contribution in [-0.4, -0.2) is 42.5 Å². The highest BCUT2D eigenvalue weighted by atomic mass is 16.6. The summed E-state index contributed by atoms with van der Waals surface area (Å²) in [6.07, 6.45) is 5.83. The van der Waals surface area contributed by atoms with E-state index in [1.54, 1.807) is 7.11 Å². The fourth-order valence-electron chi connectivity index (χ4n) is 3.57. The van der Waals surface area contributed by atoms with E-state index in [0.717, 1.165) is 36.6 Å². The zero-order valence-corrected chi connectivity index (χ0v) is 15.2. The fraction of sp³-hybridized carbons (Fsp3) is 0.526. The van der Waals surface area contributed by atoms with Gasteiger partial charge in [0, 0.05) is 38.6 Å². The monoisotopic (exact) mass is 359 g/mol. The average Bonchev–Trinajstić information content (AvgIpc) is 3.11. The third-order valence-electron chi connectivity index (χ3n) is 4.89. The molecule has 0 spiro atoms. The minimum Gasteiger partial charge on any atom is -0.493 e. The Morgan fingerprint density at radius 1 is 1.27 bits per heavy atom. The van der Waals surface area contributed by atoms with Crippen molar-refractivity contribution in [1.29, 1.82) is 0 Å². The lowest BCUT2D eigenvalue weighted by atomic mass is 10.0. The number of fused-ring (bicyclic) bond motifs is 1. The summed E-state index contributed by atoms with van der Waals surface area (Å²) >= 11 is 0. The molecule has 140 valence electrons. The first-order chi connectivity index (χ1) is 12.8. The van der Waals surface area contributed by atoms with Crippen LogP contribution in [0.5, 0.6) is 17.2 Å². The Labute approximate surface area is 153 Å². The van der Waals surface area contributed by atoms with Crippen LogP contribution in [0.4, 0.5) is 0 Å². The number of methoxy groups -OCH3 is 1. The quantitative estimate of drug-likeness (QED) is 0.883. The summed E-state index contributed by atoms with van der Waals surface area (Å²) in [4.78, 5) is 4.47. The second-order valence-corrected chi connectivity index (χ2v) is 6.64. The topological polar surface area (TPSA) is 66.8 Å². The lowest BCUT2D eigenvalue weighted by Crippen LogP contribution is -2.40. The van der Waals surface area contributed by atoms with Crippen LogP contribution in [0.2, 0.25) is 0 Å². The van der Waals surface area contributed by atoms with E-state index in [9.17, 15) is 0 Å². The molecule has 0 saturated carbocycles. The molecule has 1 saturated heterocycles. The van der Waals surface area contributed by atoms with Crippen molar-refractivity contribution in [3.63, 3.8) is 0 Å². The molecule has 0 unspecified atom stereocenters. The summed E-state index contributed by atoms with van der Waals surface area (Å²) in [7, 11) is 3.65. The molecule has 3 heterocycles. The summed E-state index contributed by atoms with van der Waals surface area (Å²) in [5.74, 6) is 3.10. The van der Waals surface area contributed by atoms with Crippen LogP contribution in [0.25, 0.3) is 0 Å². The number of aromatic nitrogens is 2. The van der Waals surface area contributed by atoms with Gasteiger partial charge in [0.1, 0.15) is 25.1 Å². The molecule has 4 rings (SSSR count). The molecular formula is C19H25N3O4. The van der Waals surface area contributed by atoms with Crippen molar-refractivity contribution < 1.29 is 18.9 Å². The van der Waals surface area contributed by atoms with Crippen molar-refractivity contribution in [2.45, 2.75) is 31.5 Å².